The van der Waals surface area contributed by atoms with Crippen molar-refractivity contribution in [2.24, 2.45) is 0 Å². The van der Waals surface area contributed by atoms with Crippen LogP contribution in [-0.4, -0.2) is 47.1 Å². The van der Waals surface area contributed by atoms with Gasteiger partial charge in [-0.1, -0.05) is 37.3 Å². The number of hydrogen-bond acceptors (Lipinski definition) is 4. The number of carboxylic acid groups (broad SMARTS) is 1. The normalized spacial score (nSPS) is 19.4. The van der Waals surface area contributed by atoms with Crippen molar-refractivity contribution in [3.8, 4) is 11.1 Å². The number of carbonyl (C=O) groups excluding carboxylic acids is 1. The Bertz CT molecular complexity index is 735. The molecule has 3 rings (SSSR count). The smallest absolute Gasteiger partial charge is 0.317 e. The van der Waals surface area contributed by atoms with E-state index in [9.17, 15) is 9.59 Å². The third-order valence-corrected chi connectivity index (χ3v) is 4.67. The Morgan fingerprint density at radius 3 is 2.60 bits per heavy atom. The molecular formula is C19H22N2O4. The molecule has 6 heteroatoms. The fraction of sp³-hybridized carbons (Fsp3) is 0.368. The Hall–Kier alpha value is -2.60. The predicted octanol–water partition coefficient (Wildman–Crippen LogP) is 2.61. The monoisotopic (exact) mass is 342 g/mol. The van der Waals surface area contributed by atoms with Crippen LogP contribution in [0.5, 0.6) is 0 Å². The number of rotatable bonds is 7. The minimum atomic E-state index is -0.822. The zero-order valence-electron chi connectivity index (χ0n) is 14.1. The van der Waals surface area contributed by atoms with Crippen LogP contribution in [0, 0.1) is 0 Å². The van der Waals surface area contributed by atoms with Gasteiger partial charge in [0.15, 0.2) is 5.76 Å². The van der Waals surface area contributed by atoms with Gasteiger partial charge in [0.2, 0.25) is 0 Å². The van der Waals surface area contributed by atoms with Gasteiger partial charge in [0.1, 0.15) is 0 Å². The van der Waals surface area contributed by atoms with Crippen LogP contribution in [0.1, 0.15) is 30.3 Å². The van der Waals surface area contributed by atoms with Crippen LogP contribution >= 0.6 is 0 Å². The van der Waals surface area contributed by atoms with E-state index in [0.29, 0.717) is 12.3 Å². The van der Waals surface area contributed by atoms with Gasteiger partial charge in [-0.05, 0) is 31.0 Å². The number of carbonyl (C=O) groups is 2. The molecule has 1 aromatic heterocycles. The largest absolute Gasteiger partial charge is 0.480 e. The SMILES string of the molecule is CCN(CC(=O)O)C1CC(NC(=O)c2occc2-c2ccccc2)C1. The number of furan rings is 1. The van der Waals surface area contributed by atoms with Gasteiger partial charge in [-0.15, -0.1) is 0 Å². The molecule has 1 aliphatic carbocycles. The molecule has 0 radical (unpaired) electrons. The number of nitrogens with zero attached hydrogens (tertiary/aromatic N) is 1. The lowest BCUT2D eigenvalue weighted by atomic mass is 9.85. The molecule has 1 heterocycles. The highest BCUT2D eigenvalue weighted by Crippen LogP contribution is 2.28. The molecule has 0 atom stereocenters. The van der Waals surface area contributed by atoms with E-state index in [4.69, 9.17) is 9.52 Å². The van der Waals surface area contributed by atoms with Crippen LogP contribution in [0.15, 0.2) is 47.1 Å². The topological polar surface area (TPSA) is 82.8 Å². The highest BCUT2D eigenvalue weighted by molar-refractivity contribution is 5.98. The number of benzene rings is 1. The van der Waals surface area contributed by atoms with Gasteiger partial charge < -0.3 is 14.8 Å². The summed E-state index contributed by atoms with van der Waals surface area (Å²) < 4.78 is 5.40. The molecule has 132 valence electrons. The first-order chi connectivity index (χ1) is 12.1. The van der Waals surface area contributed by atoms with Gasteiger partial charge in [0.05, 0.1) is 12.8 Å². The Morgan fingerprint density at radius 1 is 1.24 bits per heavy atom. The number of aliphatic carboxylic acids is 1. The third kappa shape index (κ3) is 3.91. The van der Waals surface area contributed by atoms with Gasteiger partial charge in [-0.25, -0.2) is 0 Å². The molecule has 1 amide bonds. The second-order valence-electron chi connectivity index (χ2n) is 6.28. The Labute approximate surface area is 146 Å². The lowest BCUT2D eigenvalue weighted by molar-refractivity contribution is -0.139. The number of amides is 1. The predicted molar refractivity (Wildman–Crippen MR) is 93.3 cm³/mol. The van der Waals surface area contributed by atoms with Crippen molar-refractivity contribution in [3.63, 3.8) is 0 Å². The zero-order chi connectivity index (χ0) is 17.8. The summed E-state index contributed by atoms with van der Waals surface area (Å²) in [5, 5.41) is 11.9. The van der Waals surface area contributed by atoms with Gasteiger partial charge in [0.25, 0.3) is 5.91 Å². The van der Waals surface area contributed by atoms with Gasteiger partial charge in [-0.3, -0.25) is 14.5 Å². The second-order valence-corrected chi connectivity index (χ2v) is 6.28. The van der Waals surface area contributed by atoms with Crippen molar-refractivity contribution < 1.29 is 19.1 Å². The van der Waals surface area contributed by atoms with E-state index >= 15 is 0 Å². The first-order valence-corrected chi connectivity index (χ1v) is 8.48. The van der Waals surface area contributed by atoms with Crippen molar-refractivity contribution in [3.05, 3.63) is 48.4 Å². The zero-order valence-corrected chi connectivity index (χ0v) is 14.1. The van der Waals surface area contributed by atoms with Gasteiger partial charge >= 0.3 is 5.97 Å². The molecule has 1 saturated carbocycles. The summed E-state index contributed by atoms with van der Waals surface area (Å²) in [5.41, 5.74) is 1.71. The average Bonchev–Trinajstić information content (AvgIpc) is 3.06. The molecule has 0 spiro atoms. The molecule has 1 aromatic carbocycles. The first-order valence-electron chi connectivity index (χ1n) is 8.48. The lowest BCUT2D eigenvalue weighted by Gasteiger charge is -2.42. The fourth-order valence-electron chi connectivity index (χ4n) is 3.26. The average molecular weight is 342 g/mol. The van der Waals surface area contributed by atoms with Crippen LogP contribution in [0.3, 0.4) is 0 Å². The highest BCUT2D eigenvalue weighted by atomic mass is 16.4. The van der Waals surface area contributed by atoms with Crippen molar-refractivity contribution >= 4 is 11.9 Å². The third-order valence-electron chi connectivity index (χ3n) is 4.67. The molecular weight excluding hydrogens is 320 g/mol. The minimum Gasteiger partial charge on any atom is -0.480 e. The molecule has 1 fully saturated rings. The van der Waals surface area contributed by atoms with Crippen molar-refractivity contribution in [1.82, 2.24) is 10.2 Å². The molecule has 0 aliphatic heterocycles. The number of hydrogen-bond donors (Lipinski definition) is 2. The van der Waals surface area contributed by atoms with E-state index in [1.165, 1.54) is 6.26 Å². The molecule has 25 heavy (non-hydrogen) atoms. The maximum atomic E-state index is 12.5. The van der Waals surface area contributed by atoms with Crippen LogP contribution in [0.2, 0.25) is 0 Å². The standard InChI is InChI=1S/C19H22N2O4/c1-2-21(12-17(22)23)15-10-14(11-15)20-19(24)18-16(8-9-25-18)13-6-4-3-5-7-13/h3-9,14-15H,2,10-12H2,1H3,(H,20,24)(H,22,23). The number of likely N-dealkylation sites (N-methyl/N-ethyl adjacent to an activating group) is 1. The molecule has 0 bridgehead atoms. The Balaban J connectivity index is 1.58. The molecule has 0 unspecified atom stereocenters. The fourth-order valence-corrected chi connectivity index (χ4v) is 3.26. The Kier molecular flexibility index (Phi) is 5.19. The maximum absolute atomic E-state index is 12.5. The van der Waals surface area contributed by atoms with E-state index < -0.39 is 5.97 Å². The molecule has 6 nitrogen and oxygen atoms in total. The lowest BCUT2D eigenvalue weighted by Crippen LogP contribution is -2.54. The first kappa shape index (κ1) is 17.2. The van der Waals surface area contributed by atoms with Crippen LogP contribution in [-0.2, 0) is 4.79 Å². The van der Waals surface area contributed by atoms with E-state index in [2.05, 4.69) is 5.32 Å². The van der Waals surface area contributed by atoms with Gasteiger partial charge in [-0.2, -0.15) is 0 Å². The van der Waals surface area contributed by atoms with Crippen molar-refractivity contribution in [1.29, 1.82) is 0 Å². The molecule has 2 N–H and O–H groups in total. The van der Waals surface area contributed by atoms with Crippen LogP contribution in [0.4, 0.5) is 0 Å². The maximum Gasteiger partial charge on any atom is 0.317 e. The summed E-state index contributed by atoms with van der Waals surface area (Å²) in [4.78, 5) is 25.3. The van der Waals surface area contributed by atoms with E-state index in [0.717, 1.165) is 24.0 Å². The highest BCUT2D eigenvalue weighted by Gasteiger charge is 2.35. The molecule has 2 aromatic rings. The summed E-state index contributed by atoms with van der Waals surface area (Å²) in [5.74, 6) is -0.737. The summed E-state index contributed by atoms with van der Waals surface area (Å²) in [6.45, 7) is 2.68. The summed E-state index contributed by atoms with van der Waals surface area (Å²) >= 11 is 0. The van der Waals surface area contributed by atoms with Gasteiger partial charge in [0, 0.05) is 17.6 Å². The van der Waals surface area contributed by atoms with Crippen molar-refractivity contribution in [2.45, 2.75) is 31.8 Å². The van der Waals surface area contributed by atoms with E-state index in [1.807, 2.05) is 42.2 Å². The molecule has 1 aliphatic rings. The van der Waals surface area contributed by atoms with Crippen LogP contribution in [0.25, 0.3) is 11.1 Å². The van der Waals surface area contributed by atoms with Crippen LogP contribution < -0.4 is 5.32 Å². The summed E-state index contributed by atoms with van der Waals surface area (Å²) in [7, 11) is 0. The summed E-state index contributed by atoms with van der Waals surface area (Å²) in [6.07, 6.45) is 3.04. The number of carboxylic acids is 1. The van der Waals surface area contributed by atoms with E-state index in [1.54, 1.807) is 6.07 Å². The van der Waals surface area contributed by atoms with E-state index in [-0.39, 0.29) is 24.5 Å². The minimum absolute atomic E-state index is 0.0399. The second kappa shape index (κ2) is 7.53. The number of nitrogens with one attached hydrogen (secondary N) is 1. The Morgan fingerprint density at radius 2 is 1.96 bits per heavy atom. The quantitative estimate of drug-likeness (QED) is 0.808. The van der Waals surface area contributed by atoms with Crippen molar-refractivity contribution in [2.75, 3.05) is 13.1 Å². The molecule has 0 saturated heterocycles. The summed E-state index contributed by atoms with van der Waals surface area (Å²) in [6, 6.07) is 11.7.